The van der Waals surface area contributed by atoms with E-state index in [9.17, 15) is 22.4 Å². The highest BCUT2D eigenvalue weighted by molar-refractivity contribution is 7.89. The standard InChI is InChI=1S/C27H27ClFN3O4S/c28-21-10-12-22(13-11-21)37(35,36)32(25-8-4-5-15-30-27(25)34)18-20-9-14-24(23(29)16-20)31-26(33)17-19-6-2-1-3-7-19/h1-3,6-7,9-14,16,25H,4-5,8,15,17-18H2,(H,30,34)(H,31,33)/t25-/m1/s1. The van der Waals surface area contributed by atoms with E-state index < -0.39 is 21.9 Å². The van der Waals surface area contributed by atoms with Crippen LogP contribution in [0.5, 0.6) is 0 Å². The summed E-state index contributed by atoms with van der Waals surface area (Å²) in [6.07, 6.45) is 1.83. The van der Waals surface area contributed by atoms with Crippen molar-refractivity contribution in [2.24, 2.45) is 0 Å². The van der Waals surface area contributed by atoms with Crippen molar-refractivity contribution in [3.8, 4) is 0 Å². The molecular formula is C27H27ClFN3O4S. The third kappa shape index (κ3) is 6.74. The highest BCUT2D eigenvalue weighted by Crippen LogP contribution is 2.27. The van der Waals surface area contributed by atoms with Crippen LogP contribution in [0.1, 0.15) is 30.4 Å². The Morgan fingerprint density at radius 1 is 1.03 bits per heavy atom. The summed E-state index contributed by atoms with van der Waals surface area (Å²) in [5.74, 6) is -1.46. The number of hydrogen-bond donors (Lipinski definition) is 2. The number of nitrogens with one attached hydrogen (secondary N) is 2. The van der Waals surface area contributed by atoms with Crippen LogP contribution in [-0.4, -0.2) is 37.1 Å². The Morgan fingerprint density at radius 2 is 1.76 bits per heavy atom. The van der Waals surface area contributed by atoms with Crippen molar-refractivity contribution in [2.45, 2.75) is 43.2 Å². The van der Waals surface area contributed by atoms with Gasteiger partial charge in [-0.1, -0.05) is 48.0 Å². The minimum Gasteiger partial charge on any atom is -0.355 e. The first kappa shape index (κ1) is 26.8. The molecule has 0 saturated carbocycles. The smallest absolute Gasteiger partial charge is 0.244 e. The minimum atomic E-state index is -4.12. The lowest BCUT2D eigenvalue weighted by Crippen LogP contribution is -2.48. The summed E-state index contributed by atoms with van der Waals surface area (Å²) >= 11 is 5.93. The second kappa shape index (κ2) is 11.9. The largest absolute Gasteiger partial charge is 0.355 e. The number of benzene rings is 3. The fourth-order valence-corrected chi connectivity index (χ4v) is 5.95. The van der Waals surface area contributed by atoms with Gasteiger partial charge in [0, 0.05) is 18.1 Å². The van der Waals surface area contributed by atoms with Crippen LogP contribution in [0.25, 0.3) is 0 Å². The monoisotopic (exact) mass is 543 g/mol. The minimum absolute atomic E-state index is 0.0102. The first-order chi connectivity index (χ1) is 17.7. The van der Waals surface area contributed by atoms with Gasteiger partial charge >= 0.3 is 0 Å². The van der Waals surface area contributed by atoms with Crippen LogP contribution in [0.15, 0.2) is 77.7 Å². The van der Waals surface area contributed by atoms with E-state index in [2.05, 4.69) is 10.6 Å². The average molecular weight is 544 g/mol. The van der Waals surface area contributed by atoms with Crippen molar-refractivity contribution in [3.05, 3.63) is 94.8 Å². The zero-order valence-electron chi connectivity index (χ0n) is 20.0. The molecule has 0 spiro atoms. The number of sulfonamides is 1. The molecule has 1 fully saturated rings. The van der Waals surface area contributed by atoms with E-state index in [1.54, 1.807) is 18.2 Å². The predicted octanol–water partition coefficient (Wildman–Crippen LogP) is 4.52. The molecule has 2 N–H and O–H groups in total. The van der Waals surface area contributed by atoms with Crippen LogP contribution in [-0.2, 0) is 32.6 Å². The van der Waals surface area contributed by atoms with E-state index in [-0.39, 0.29) is 35.4 Å². The van der Waals surface area contributed by atoms with Gasteiger partial charge < -0.3 is 10.6 Å². The lowest BCUT2D eigenvalue weighted by molar-refractivity contribution is -0.124. The summed E-state index contributed by atoms with van der Waals surface area (Å²) in [7, 11) is -4.12. The van der Waals surface area contributed by atoms with E-state index in [4.69, 9.17) is 11.6 Å². The fourth-order valence-electron chi connectivity index (χ4n) is 4.22. The molecule has 37 heavy (non-hydrogen) atoms. The van der Waals surface area contributed by atoms with Gasteiger partial charge in [0.05, 0.1) is 17.0 Å². The summed E-state index contributed by atoms with van der Waals surface area (Å²) < 4.78 is 43.3. The molecule has 1 atom stereocenters. The van der Waals surface area contributed by atoms with Gasteiger partial charge in [0.1, 0.15) is 11.9 Å². The van der Waals surface area contributed by atoms with Gasteiger partial charge in [0.15, 0.2) is 0 Å². The number of hydrogen-bond acceptors (Lipinski definition) is 4. The summed E-state index contributed by atoms with van der Waals surface area (Å²) in [6, 6.07) is 17.9. The van der Waals surface area contributed by atoms with E-state index in [1.807, 2.05) is 18.2 Å². The van der Waals surface area contributed by atoms with Crippen molar-refractivity contribution in [1.29, 1.82) is 0 Å². The van der Waals surface area contributed by atoms with Crippen molar-refractivity contribution in [1.82, 2.24) is 9.62 Å². The summed E-state index contributed by atoms with van der Waals surface area (Å²) in [5.41, 5.74) is 1.12. The maximum absolute atomic E-state index is 15.0. The highest BCUT2D eigenvalue weighted by Gasteiger charge is 2.36. The molecule has 0 bridgehead atoms. The number of carbonyl (C=O) groups excluding carboxylic acids is 2. The molecule has 1 aliphatic heterocycles. The van der Waals surface area contributed by atoms with Crippen LogP contribution in [0.2, 0.25) is 5.02 Å². The van der Waals surface area contributed by atoms with Crippen molar-refractivity contribution in [3.63, 3.8) is 0 Å². The van der Waals surface area contributed by atoms with Gasteiger partial charge in [-0.15, -0.1) is 0 Å². The Bertz CT molecular complexity index is 1370. The second-order valence-electron chi connectivity index (χ2n) is 8.83. The van der Waals surface area contributed by atoms with E-state index in [1.165, 1.54) is 36.4 Å². The topological polar surface area (TPSA) is 95.6 Å². The Kier molecular flexibility index (Phi) is 8.58. The van der Waals surface area contributed by atoms with Gasteiger partial charge in [0.25, 0.3) is 0 Å². The first-order valence-corrected chi connectivity index (χ1v) is 13.7. The lowest BCUT2D eigenvalue weighted by atomic mass is 10.1. The molecule has 7 nitrogen and oxygen atoms in total. The van der Waals surface area contributed by atoms with Crippen LogP contribution < -0.4 is 10.6 Å². The Morgan fingerprint density at radius 3 is 2.46 bits per heavy atom. The quantitative estimate of drug-likeness (QED) is 0.437. The Balaban J connectivity index is 1.58. The Hall–Kier alpha value is -3.27. The van der Waals surface area contributed by atoms with Crippen LogP contribution in [0.3, 0.4) is 0 Å². The number of anilines is 1. The number of rotatable bonds is 8. The highest BCUT2D eigenvalue weighted by atomic mass is 35.5. The predicted molar refractivity (Wildman–Crippen MR) is 140 cm³/mol. The molecule has 3 aromatic rings. The van der Waals surface area contributed by atoms with Crippen LogP contribution in [0.4, 0.5) is 10.1 Å². The molecule has 0 aliphatic carbocycles. The second-order valence-corrected chi connectivity index (χ2v) is 11.2. The third-order valence-electron chi connectivity index (χ3n) is 6.13. The van der Waals surface area contributed by atoms with Gasteiger partial charge in [-0.25, -0.2) is 12.8 Å². The summed E-state index contributed by atoms with van der Waals surface area (Å²) in [6.45, 7) is 0.244. The average Bonchev–Trinajstić information content (AvgIpc) is 3.09. The molecule has 1 aliphatic rings. The normalized spacial score (nSPS) is 16.2. The van der Waals surface area contributed by atoms with Gasteiger partial charge in [-0.3, -0.25) is 9.59 Å². The molecular weight excluding hydrogens is 517 g/mol. The summed E-state index contributed by atoms with van der Waals surface area (Å²) in [5, 5.41) is 5.70. The van der Waals surface area contributed by atoms with Crippen LogP contribution in [0, 0.1) is 5.82 Å². The molecule has 194 valence electrons. The van der Waals surface area contributed by atoms with Crippen molar-refractivity contribution < 1.29 is 22.4 Å². The molecule has 2 amide bonds. The van der Waals surface area contributed by atoms with Crippen molar-refractivity contribution in [2.75, 3.05) is 11.9 Å². The maximum atomic E-state index is 15.0. The Labute approximate surface area is 220 Å². The maximum Gasteiger partial charge on any atom is 0.244 e. The van der Waals surface area contributed by atoms with E-state index in [0.717, 1.165) is 16.3 Å². The van der Waals surface area contributed by atoms with Crippen LogP contribution >= 0.6 is 11.6 Å². The first-order valence-electron chi connectivity index (χ1n) is 11.9. The third-order valence-corrected chi connectivity index (χ3v) is 8.25. The number of halogens is 2. The zero-order valence-corrected chi connectivity index (χ0v) is 21.6. The molecule has 0 unspecified atom stereocenters. The number of carbonyl (C=O) groups is 2. The molecule has 1 saturated heterocycles. The molecule has 3 aromatic carbocycles. The molecule has 0 aromatic heterocycles. The fraction of sp³-hybridized carbons (Fsp3) is 0.259. The molecule has 10 heteroatoms. The SMILES string of the molecule is O=C(Cc1ccccc1)Nc1ccc(CN([C@@H]2CCCCNC2=O)S(=O)(=O)c2ccc(Cl)cc2)cc1F. The molecule has 0 radical (unpaired) electrons. The van der Waals surface area contributed by atoms with Gasteiger partial charge in [0.2, 0.25) is 21.8 Å². The number of amides is 2. The lowest BCUT2D eigenvalue weighted by Gasteiger charge is -2.29. The molecule has 1 heterocycles. The van der Waals surface area contributed by atoms with Gasteiger partial charge in [-0.2, -0.15) is 4.31 Å². The van der Waals surface area contributed by atoms with E-state index in [0.29, 0.717) is 30.0 Å². The zero-order chi connectivity index (χ0) is 26.4. The van der Waals surface area contributed by atoms with Crippen molar-refractivity contribution >= 4 is 39.1 Å². The molecule has 4 rings (SSSR count). The van der Waals surface area contributed by atoms with Gasteiger partial charge in [-0.05, 0) is 66.8 Å². The summed E-state index contributed by atoms with van der Waals surface area (Å²) in [4.78, 5) is 25.2. The van der Waals surface area contributed by atoms with E-state index >= 15 is 0 Å². The number of nitrogens with zero attached hydrogens (tertiary/aromatic N) is 1.